The van der Waals surface area contributed by atoms with Gasteiger partial charge in [0.1, 0.15) is 0 Å². The molecule has 0 radical (unpaired) electrons. The van der Waals surface area contributed by atoms with E-state index in [9.17, 15) is 0 Å². The van der Waals surface area contributed by atoms with Gasteiger partial charge in [-0.3, -0.25) is 4.98 Å². The van der Waals surface area contributed by atoms with E-state index in [0.29, 0.717) is 0 Å². The third-order valence-electron chi connectivity index (χ3n) is 3.94. The molecular weight excluding hydrogens is 256 g/mol. The van der Waals surface area contributed by atoms with E-state index in [0.717, 1.165) is 18.5 Å². The summed E-state index contributed by atoms with van der Waals surface area (Å²) in [4.78, 5) is 6.92. The van der Waals surface area contributed by atoms with E-state index >= 15 is 0 Å². The predicted octanol–water partition coefficient (Wildman–Crippen LogP) is 4.31. The van der Waals surface area contributed by atoms with Crippen LogP contribution in [0, 0.1) is 0 Å². The largest absolute Gasteiger partial charge is 0.342 e. The molecule has 102 valence electrons. The van der Waals surface area contributed by atoms with Crippen molar-refractivity contribution in [1.82, 2.24) is 4.98 Å². The Kier molecular flexibility index (Phi) is 2.93. The lowest BCUT2D eigenvalue weighted by atomic mass is 10.0. The molecule has 0 aliphatic carbocycles. The maximum atomic E-state index is 4.61. The fourth-order valence-corrected chi connectivity index (χ4v) is 2.95. The van der Waals surface area contributed by atoms with Crippen molar-refractivity contribution in [2.45, 2.75) is 13.0 Å². The minimum atomic E-state index is 0.875. The predicted molar refractivity (Wildman–Crippen MR) is 87.2 cm³/mol. The van der Waals surface area contributed by atoms with Gasteiger partial charge in [0.05, 0.1) is 11.2 Å². The molecule has 0 saturated carbocycles. The number of anilines is 1. The number of nitrogens with zero attached hydrogens (tertiary/aromatic N) is 2. The number of rotatable bonds is 2. The van der Waals surface area contributed by atoms with Gasteiger partial charge in [-0.15, -0.1) is 0 Å². The van der Waals surface area contributed by atoms with E-state index in [1.165, 1.54) is 22.2 Å². The van der Waals surface area contributed by atoms with Crippen LogP contribution in [-0.4, -0.2) is 4.98 Å². The van der Waals surface area contributed by atoms with Gasteiger partial charge in [-0.1, -0.05) is 54.6 Å². The number of fused-ring (bicyclic) bond motifs is 3. The van der Waals surface area contributed by atoms with E-state index in [1.54, 1.807) is 0 Å². The van der Waals surface area contributed by atoms with Crippen LogP contribution in [-0.2, 0) is 13.0 Å². The summed E-state index contributed by atoms with van der Waals surface area (Å²) < 4.78 is 0. The minimum Gasteiger partial charge on any atom is -0.342 e. The second kappa shape index (κ2) is 5.06. The first-order chi connectivity index (χ1) is 10.4. The summed E-state index contributed by atoms with van der Waals surface area (Å²) >= 11 is 0. The summed E-state index contributed by atoms with van der Waals surface area (Å²) in [6.07, 6.45) is 7.26. The third kappa shape index (κ3) is 2.19. The second-order valence-corrected chi connectivity index (χ2v) is 5.35. The average molecular weight is 272 g/mol. The van der Waals surface area contributed by atoms with Crippen molar-refractivity contribution in [1.29, 1.82) is 0 Å². The van der Waals surface area contributed by atoms with Gasteiger partial charge >= 0.3 is 0 Å². The maximum absolute atomic E-state index is 4.61. The van der Waals surface area contributed by atoms with Crippen molar-refractivity contribution >= 4 is 16.6 Å². The van der Waals surface area contributed by atoms with Gasteiger partial charge in [0.2, 0.25) is 0 Å². The molecule has 4 rings (SSSR count). The topological polar surface area (TPSA) is 16.1 Å². The first-order valence-electron chi connectivity index (χ1n) is 7.26. The van der Waals surface area contributed by atoms with Crippen molar-refractivity contribution in [3.8, 4) is 0 Å². The number of aromatic nitrogens is 1. The first kappa shape index (κ1) is 12.2. The quantitative estimate of drug-likeness (QED) is 0.691. The Morgan fingerprint density at radius 2 is 1.86 bits per heavy atom. The molecule has 2 heterocycles. The zero-order chi connectivity index (χ0) is 14.1. The summed E-state index contributed by atoms with van der Waals surface area (Å²) in [5.41, 5.74) is 5.00. The summed E-state index contributed by atoms with van der Waals surface area (Å²) in [5.74, 6) is 0. The van der Waals surface area contributed by atoms with E-state index in [2.05, 4.69) is 70.7 Å². The van der Waals surface area contributed by atoms with Gasteiger partial charge in [-0.2, -0.15) is 0 Å². The Bertz CT molecular complexity index is 806. The SMILES string of the molecule is C1=CN(Cc2ccccc2)c2c(ccc3cccnc23)C1. The Morgan fingerprint density at radius 1 is 0.952 bits per heavy atom. The van der Waals surface area contributed by atoms with Crippen molar-refractivity contribution in [3.63, 3.8) is 0 Å². The minimum absolute atomic E-state index is 0.875. The molecule has 1 aromatic heterocycles. The van der Waals surface area contributed by atoms with Crippen molar-refractivity contribution in [2.24, 2.45) is 0 Å². The number of hydrogen-bond donors (Lipinski definition) is 0. The normalized spacial score (nSPS) is 13.4. The standard InChI is InChI=1S/C19H16N2/c1-2-6-15(7-3-1)14-21-13-5-9-17-11-10-16-8-4-12-20-18(16)19(17)21/h1-8,10-13H,9,14H2. The Hall–Kier alpha value is -2.61. The van der Waals surface area contributed by atoms with Crippen LogP contribution >= 0.6 is 0 Å². The summed E-state index contributed by atoms with van der Waals surface area (Å²) in [6, 6.07) is 19.1. The van der Waals surface area contributed by atoms with Gasteiger partial charge in [-0.25, -0.2) is 0 Å². The van der Waals surface area contributed by atoms with Gasteiger partial charge in [0, 0.05) is 24.3 Å². The average Bonchev–Trinajstić information content (AvgIpc) is 2.56. The zero-order valence-corrected chi connectivity index (χ0v) is 11.7. The van der Waals surface area contributed by atoms with Crippen molar-refractivity contribution < 1.29 is 0 Å². The Morgan fingerprint density at radius 3 is 2.76 bits per heavy atom. The third-order valence-corrected chi connectivity index (χ3v) is 3.94. The molecule has 0 amide bonds. The first-order valence-corrected chi connectivity index (χ1v) is 7.26. The number of benzene rings is 2. The number of pyridine rings is 1. The van der Waals surface area contributed by atoms with E-state index in [4.69, 9.17) is 0 Å². The fourth-order valence-electron chi connectivity index (χ4n) is 2.95. The highest BCUT2D eigenvalue weighted by atomic mass is 15.1. The monoisotopic (exact) mass is 272 g/mol. The van der Waals surface area contributed by atoms with Gasteiger partial charge in [0.15, 0.2) is 0 Å². The highest BCUT2D eigenvalue weighted by molar-refractivity contribution is 5.93. The van der Waals surface area contributed by atoms with Gasteiger partial charge in [0.25, 0.3) is 0 Å². The molecule has 2 aromatic carbocycles. The molecule has 1 aliphatic rings. The van der Waals surface area contributed by atoms with Crippen LogP contribution in [0.2, 0.25) is 0 Å². The molecule has 0 spiro atoms. The van der Waals surface area contributed by atoms with Crippen molar-refractivity contribution in [3.05, 3.63) is 84.2 Å². The second-order valence-electron chi connectivity index (χ2n) is 5.35. The smallest absolute Gasteiger partial charge is 0.0941 e. The Labute approximate surface area is 124 Å². The van der Waals surface area contributed by atoms with Crippen molar-refractivity contribution in [2.75, 3.05) is 4.90 Å². The fraction of sp³-hybridized carbons (Fsp3) is 0.105. The molecule has 0 fully saturated rings. The van der Waals surface area contributed by atoms with E-state index in [-0.39, 0.29) is 0 Å². The lowest BCUT2D eigenvalue weighted by Crippen LogP contribution is -2.20. The summed E-state index contributed by atoms with van der Waals surface area (Å²) in [6.45, 7) is 0.875. The number of allylic oxidation sites excluding steroid dienone is 1. The van der Waals surface area contributed by atoms with Crippen LogP contribution in [0.4, 0.5) is 5.69 Å². The van der Waals surface area contributed by atoms with Crippen LogP contribution in [0.5, 0.6) is 0 Å². The molecule has 0 bridgehead atoms. The molecular formula is C19H16N2. The number of hydrogen-bond acceptors (Lipinski definition) is 2. The van der Waals surface area contributed by atoms with Gasteiger partial charge < -0.3 is 4.90 Å². The van der Waals surface area contributed by atoms with Gasteiger partial charge in [-0.05, 0) is 23.6 Å². The molecule has 2 nitrogen and oxygen atoms in total. The molecule has 2 heteroatoms. The highest BCUT2D eigenvalue weighted by Gasteiger charge is 2.17. The molecule has 3 aromatic rings. The Balaban J connectivity index is 1.83. The van der Waals surface area contributed by atoms with Crippen LogP contribution in [0.3, 0.4) is 0 Å². The van der Waals surface area contributed by atoms with E-state index < -0.39 is 0 Å². The summed E-state index contributed by atoms with van der Waals surface area (Å²) in [7, 11) is 0. The van der Waals surface area contributed by atoms with Crippen LogP contribution in [0.15, 0.2) is 73.1 Å². The molecule has 0 unspecified atom stereocenters. The molecule has 0 saturated heterocycles. The molecule has 0 N–H and O–H groups in total. The molecule has 21 heavy (non-hydrogen) atoms. The van der Waals surface area contributed by atoms with Crippen LogP contribution < -0.4 is 4.90 Å². The van der Waals surface area contributed by atoms with Crippen LogP contribution in [0.25, 0.3) is 10.9 Å². The summed E-state index contributed by atoms with van der Waals surface area (Å²) in [5, 5.41) is 1.20. The van der Waals surface area contributed by atoms with Crippen LogP contribution in [0.1, 0.15) is 11.1 Å². The zero-order valence-electron chi connectivity index (χ0n) is 11.7. The lowest BCUT2D eigenvalue weighted by molar-refractivity contribution is 0.937. The maximum Gasteiger partial charge on any atom is 0.0941 e. The molecule has 1 aliphatic heterocycles. The highest BCUT2D eigenvalue weighted by Crippen LogP contribution is 2.33. The van der Waals surface area contributed by atoms with E-state index in [1.807, 2.05) is 12.3 Å². The lowest BCUT2D eigenvalue weighted by Gasteiger charge is -2.27. The molecule has 0 atom stereocenters.